The molecule has 96 valence electrons. The molecule has 1 aromatic heterocycles. The highest BCUT2D eigenvalue weighted by atomic mass is 15.2. The Morgan fingerprint density at radius 2 is 2.06 bits per heavy atom. The van der Waals surface area contributed by atoms with Crippen LogP contribution in [0, 0.1) is 0 Å². The van der Waals surface area contributed by atoms with Gasteiger partial charge in [-0.2, -0.15) is 0 Å². The fourth-order valence-corrected chi connectivity index (χ4v) is 2.27. The second-order valence-corrected chi connectivity index (χ2v) is 6.21. The van der Waals surface area contributed by atoms with E-state index in [1.165, 1.54) is 17.9 Å². The van der Waals surface area contributed by atoms with E-state index in [0.29, 0.717) is 6.04 Å². The summed E-state index contributed by atoms with van der Waals surface area (Å²) in [6.07, 6.45) is 3.45. The van der Waals surface area contributed by atoms with E-state index in [-0.39, 0.29) is 5.41 Å². The van der Waals surface area contributed by atoms with Crippen LogP contribution in [0.25, 0.3) is 0 Å². The second kappa shape index (κ2) is 4.45. The lowest BCUT2D eigenvalue weighted by Crippen LogP contribution is -2.39. The molecular formula is C14H25N3. The fraction of sp³-hybridized carbons (Fsp3) is 0.786. The van der Waals surface area contributed by atoms with Gasteiger partial charge in [0.1, 0.15) is 5.82 Å². The summed E-state index contributed by atoms with van der Waals surface area (Å²) >= 11 is 0. The molecule has 0 bridgehead atoms. The molecule has 3 heteroatoms. The van der Waals surface area contributed by atoms with E-state index in [4.69, 9.17) is 4.98 Å². The average molecular weight is 235 g/mol. The van der Waals surface area contributed by atoms with Gasteiger partial charge >= 0.3 is 0 Å². The minimum atomic E-state index is 0.158. The van der Waals surface area contributed by atoms with Crippen molar-refractivity contribution in [3.8, 4) is 0 Å². The molecule has 0 amide bonds. The number of nitrogens with zero attached hydrogens (tertiary/aromatic N) is 3. The van der Waals surface area contributed by atoms with Crippen LogP contribution in [0.2, 0.25) is 0 Å². The summed E-state index contributed by atoms with van der Waals surface area (Å²) in [5.41, 5.74) is 1.38. The van der Waals surface area contributed by atoms with Crippen LogP contribution in [-0.2, 0) is 18.5 Å². The van der Waals surface area contributed by atoms with Crippen molar-refractivity contribution in [1.82, 2.24) is 14.5 Å². The van der Waals surface area contributed by atoms with Gasteiger partial charge in [-0.05, 0) is 13.3 Å². The Labute approximate surface area is 105 Å². The first kappa shape index (κ1) is 12.6. The first-order valence-electron chi connectivity index (χ1n) is 6.72. The molecule has 0 fully saturated rings. The van der Waals surface area contributed by atoms with Crippen molar-refractivity contribution < 1.29 is 0 Å². The minimum Gasteiger partial charge on any atom is -0.332 e. The molecule has 0 radical (unpaired) electrons. The molecule has 1 unspecified atom stereocenters. The van der Waals surface area contributed by atoms with Crippen LogP contribution in [0.5, 0.6) is 0 Å². The lowest BCUT2D eigenvalue weighted by Gasteiger charge is -2.32. The molecule has 0 aliphatic carbocycles. The third-order valence-corrected chi connectivity index (χ3v) is 3.81. The maximum absolute atomic E-state index is 4.81. The maximum atomic E-state index is 4.81. The molecule has 1 aliphatic rings. The van der Waals surface area contributed by atoms with Crippen LogP contribution >= 0.6 is 0 Å². The van der Waals surface area contributed by atoms with Crippen molar-refractivity contribution in [3.05, 3.63) is 17.7 Å². The molecular weight excluding hydrogens is 210 g/mol. The predicted molar refractivity (Wildman–Crippen MR) is 71.1 cm³/mol. The van der Waals surface area contributed by atoms with E-state index in [1.807, 2.05) is 0 Å². The van der Waals surface area contributed by atoms with E-state index in [9.17, 15) is 0 Å². The van der Waals surface area contributed by atoms with E-state index >= 15 is 0 Å². The normalized spacial score (nSPS) is 19.1. The summed E-state index contributed by atoms with van der Waals surface area (Å²) in [6.45, 7) is 14.5. The summed E-state index contributed by atoms with van der Waals surface area (Å²) in [7, 11) is 0. The predicted octanol–water partition coefficient (Wildman–Crippen LogP) is 2.79. The zero-order valence-electron chi connectivity index (χ0n) is 11.8. The van der Waals surface area contributed by atoms with Gasteiger partial charge in [0.25, 0.3) is 0 Å². The third kappa shape index (κ3) is 2.54. The molecule has 1 atom stereocenters. The molecule has 1 aliphatic heterocycles. The molecule has 0 N–H and O–H groups in total. The van der Waals surface area contributed by atoms with Crippen molar-refractivity contribution in [2.75, 3.05) is 6.54 Å². The topological polar surface area (TPSA) is 21.1 Å². The largest absolute Gasteiger partial charge is 0.332 e. The molecule has 1 aromatic rings. The molecule has 2 rings (SSSR count). The fourth-order valence-electron chi connectivity index (χ4n) is 2.27. The molecule has 0 aromatic carbocycles. The molecule has 0 spiro atoms. The van der Waals surface area contributed by atoms with Gasteiger partial charge in [0, 0.05) is 30.7 Å². The van der Waals surface area contributed by atoms with Crippen LogP contribution in [0.4, 0.5) is 0 Å². The van der Waals surface area contributed by atoms with E-state index in [1.54, 1.807) is 0 Å². The third-order valence-electron chi connectivity index (χ3n) is 3.81. The summed E-state index contributed by atoms with van der Waals surface area (Å²) in [5, 5.41) is 0. The number of hydrogen-bond donors (Lipinski definition) is 0. The minimum absolute atomic E-state index is 0.158. The Morgan fingerprint density at radius 1 is 1.35 bits per heavy atom. The lowest BCUT2D eigenvalue weighted by molar-refractivity contribution is 0.159. The number of hydrogen-bond acceptors (Lipinski definition) is 2. The zero-order valence-corrected chi connectivity index (χ0v) is 11.8. The maximum Gasteiger partial charge on any atom is 0.123 e. The first-order valence-corrected chi connectivity index (χ1v) is 6.72. The van der Waals surface area contributed by atoms with Gasteiger partial charge in [0.15, 0.2) is 0 Å². The van der Waals surface area contributed by atoms with Gasteiger partial charge in [-0.15, -0.1) is 0 Å². The SMILES string of the molecule is CCC(C)N1CCn2cc(C(C)(C)C)nc2C1. The zero-order chi connectivity index (χ0) is 12.6. The highest BCUT2D eigenvalue weighted by molar-refractivity contribution is 5.14. The lowest BCUT2D eigenvalue weighted by atomic mass is 9.93. The summed E-state index contributed by atoms with van der Waals surface area (Å²) in [4.78, 5) is 7.35. The first-order chi connectivity index (χ1) is 7.91. The Balaban J connectivity index is 2.19. The Morgan fingerprint density at radius 3 is 2.65 bits per heavy atom. The van der Waals surface area contributed by atoms with Crippen LogP contribution in [0.15, 0.2) is 6.20 Å². The van der Waals surface area contributed by atoms with Crippen molar-refractivity contribution in [2.45, 2.75) is 65.6 Å². The summed E-state index contributed by atoms with van der Waals surface area (Å²) < 4.78 is 2.33. The van der Waals surface area contributed by atoms with Gasteiger partial charge in [-0.3, -0.25) is 4.90 Å². The number of rotatable bonds is 2. The Hall–Kier alpha value is -0.830. The van der Waals surface area contributed by atoms with E-state index in [2.05, 4.69) is 50.3 Å². The van der Waals surface area contributed by atoms with Crippen molar-refractivity contribution in [2.24, 2.45) is 0 Å². The van der Waals surface area contributed by atoms with Crippen LogP contribution in [0.3, 0.4) is 0 Å². The van der Waals surface area contributed by atoms with Crippen LogP contribution in [0.1, 0.15) is 52.6 Å². The highest BCUT2D eigenvalue weighted by Gasteiger charge is 2.25. The Bertz CT molecular complexity index is 387. The number of imidazole rings is 1. The molecule has 2 heterocycles. The van der Waals surface area contributed by atoms with Crippen molar-refractivity contribution in [1.29, 1.82) is 0 Å². The van der Waals surface area contributed by atoms with Gasteiger partial charge in [-0.1, -0.05) is 27.7 Å². The molecule has 0 saturated carbocycles. The van der Waals surface area contributed by atoms with E-state index in [0.717, 1.165) is 19.6 Å². The quantitative estimate of drug-likeness (QED) is 0.786. The van der Waals surface area contributed by atoms with Gasteiger partial charge in [0.05, 0.1) is 12.2 Å². The highest BCUT2D eigenvalue weighted by Crippen LogP contribution is 2.24. The summed E-state index contributed by atoms with van der Waals surface area (Å²) in [5.74, 6) is 1.24. The molecule has 17 heavy (non-hydrogen) atoms. The summed E-state index contributed by atoms with van der Waals surface area (Å²) in [6, 6.07) is 0.665. The van der Waals surface area contributed by atoms with Crippen molar-refractivity contribution in [3.63, 3.8) is 0 Å². The smallest absolute Gasteiger partial charge is 0.123 e. The van der Waals surface area contributed by atoms with Crippen molar-refractivity contribution >= 4 is 0 Å². The van der Waals surface area contributed by atoms with Crippen LogP contribution < -0.4 is 0 Å². The number of aromatic nitrogens is 2. The standard InChI is InChI=1S/C14H25N3/c1-6-11(2)16-7-8-17-9-12(14(3,4)5)15-13(17)10-16/h9,11H,6-8,10H2,1-5H3. The molecule has 0 saturated heterocycles. The molecule has 3 nitrogen and oxygen atoms in total. The van der Waals surface area contributed by atoms with Gasteiger partial charge in [-0.25, -0.2) is 4.98 Å². The Kier molecular flexibility index (Phi) is 3.30. The monoisotopic (exact) mass is 235 g/mol. The second-order valence-electron chi connectivity index (χ2n) is 6.21. The average Bonchev–Trinajstić information content (AvgIpc) is 2.70. The van der Waals surface area contributed by atoms with E-state index < -0.39 is 0 Å². The van der Waals surface area contributed by atoms with Gasteiger partial charge < -0.3 is 4.57 Å². The number of fused-ring (bicyclic) bond motifs is 1. The van der Waals surface area contributed by atoms with Crippen LogP contribution in [-0.4, -0.2) is 27.0 Å². The van der Waals surface area contributed by atoms with Gasteiger partial charge in [0.2, 0.25) is 0 Å².